The minimum atomic E-state index is 0.0105. The average Bonchev–Trinajstić information content (AvgIpc) is 2.28. The van der Waals surface area contributed by atoms with Gasteiger partial charge in [0.25, 0.3) is 5.91 Å². The van der Waals surface area contributed by atoms with Crippen LogP contribution in [0, 0.1) is 0 Å². The van der Waals surface area contributed by atoms with E-state index in [9.17, 15) is 4.79 Å². The molecule has 0 bridgehead atoms. The largest absolute Gasteiger partial charge is 0.333 e. The second-order valence-corrected chi connectivity index (χ2v) is 5.81. The Balaban J connectivity index is 2.29. The zero-order valence-corrected chi connectivity index (χ0v) is 12.1. The van der Waals surface area contributed by atoms with Crippen molar-refractivity contribution >= 4 is 29.1 Å². The number of hydrogen-bond acceptors (Lipinski definition) is 1. The number of halogens is 2. The molecule has 1 aliphatic rings. The van der Waals surface area contributed by atoms with E-state index < -0.39 is 0 Å². The summed E-state index contributed by atoms with van der Waals surface area (Å²) in [5.41, 5.74) is 0.543. The Bertz CT molecular complexity index is 451. The van der Waals surface area contributed by atoms with Gasteiger partial charge in [0, 0.05) is 17.1 Å². The minimum absolute atomic E-state index is 0.0105. The second-order valence-electron chi connectivity index (χ2n) is 4.97. The molecule has 1 fully saturated rings. The fourth-order valence-corrected chi connectivity index (χ4v) is 3.11. The van der Waals surface area contributed by atoms with E-state index in [2.05, 4.69) is 13.8 Å². The minimum Gasteiger partial charge on any atom is -0.333 e. The first-order chi connectivity index (χ1) is 8.50. The summed E-state index contributed by atoms with van der Waals surface area (Å²) in [6, 6.07) is 5.58. The first-order valence-corrected chi connectivity index (χ1v) is 7.04. The molecule has 1 aromatic rings. The maximum atomic E-state index is 12.6. The van der Waals surface area contributed by atoms with Gasteiger partial charge in [0.15, 0.2) is 0 Å². The Hall–Kier alpha value is -0.730. The van der Waals surface area contributed by atoms with Gasteiger partial charge in [0.2, 0.25) is 0 Å². The highest BCUT2D eigenvalue weighted by Gasteiger charge is 2.30. The number of benzene rings is 1. The van der Waals surface area contributed by atoms with Crippen molar-refractivity contribution in [3.05, 3.63) is 33.8 Å². The summed E-state index contributed by atoms with van der Waals surface area (Å²) in [7, 11) is 0. The van der Waals surface area contributed by atoms with Gasteiger partial charge in [-0.1, -0.05) is 23.2 Å². The molecule has 1 saturated heterocycles. The maximum absolute atomic E-state index is 12.6. The molecule has 2 nitrogen and oxygen atoms in total. The molecule has 98 valence electrons. The van der Waals surface area contributed by atoms with Crippen molar-refractivity contribution in [3.63, 3.8) is 0 Å². The Kier molecular flexibility index (Phi) is 4.18. The van der Waals surface area contributed by atoms with Crippen LogP contribution >= 0.6 is 23.2 Å². The van der Waals surface area contributed by atoms with Gasteiger partial charge in [-0.05, 0) is 51.3 Å². The predicted octanol–water partition coefficient (Wildman–Crippen LogP) is 4.40. The number of rotatable bonds is 1. The highest BCUT2D eigenvalue weighted by molar-refractivity contribution is 6.36. The molecule has 1 aromatic carbocycles. The van der Waals surface area contributed by atoms with E-state index in [1.165, 1.54) is 6.42 Å². The molecule has 1 amide bonds. The summed E-state index contributed by atoms with van der Waals surface area (Å²) < 4.78 is 0. The van der Waals surface area contributed by atoms with Crippen molar-refractivity contribution in [2.24, 2.45) is 0 Å². The molecule has 0 spiro atoms. The van der Waals surface area contributed by atoms with Crippen molar-refractivity contribution in [1.29, 1.82) is 0 Å². The van der Waals surface area contributed by atoms with Gasteiger partial charge in [0.1, 0.15) is 0 Å². The molecule has 2 atom stereocenters. The first-order valence-electron chi connectivity index (χ1n) is 6.28. The molecule has 1 aliphatic heterocycles. The summed E-state index contributed by atoms with van der Waals surface area (Å²) in [4.78, 5) is 14.5. The lowest BCUT2D eigenvalue weighted by Crippen LogP contribution is -2.47. The van der Waals surface area contributed by atoms with Crippen LogP contribution in [0.1, 0.15) is 43.5 Å². The lowest BCUT2D eigenvalue weighted by atomic mass is 9.96. The van der Waals surface area contributed by atoms with E-state index in [1.807, 2.05) is 4.90 Å². The monoisotopic (exact) mass is 285 g/mol. The third kappa shape index (κ3) is 2.65. The average molecular weight is 286 g/mol. The van der Waals surface area contributed by atoms with E-state index >= 15 is 0 Å². The molecule has 0 unspecified atom stereocenters. The molecule has 0 saturated carbocycles. The summed E-state index contributed by atoms with van der Waals surface area (Å²) in [6.07, 6.45) is 3.29. The first kappa shape index (κ1) is 13.7. The highest BCUT2D eigenvalue weighted by atomic mass is 35.5. The zero-order chi connectivity index (χ0) is 13.3. The normalized spacial score (nSPS) is 24.1. The van der Waals surface area contributed by atoms with Crippen LogP contribution in [-0.4, -0.2) is 22.9 Å². The van der Waals surface area contributed by atoms with E-state index in [0.29, 0.717) is 15.6 Å². The fourth-order valence-electron chi connectivity index (χ4n) is 2.62. The molecular weight excluding hydrogens is 269 g/mol. The lowest BCUT2D eigenvalue weighted by molar-refractivity contribution is 0.0511. The molecule has 2 rings (SSSR count). The molecule has 0 radical (unpaired) electrons. The standard InChI is InChI=1S/C14H17Cl2NO/c1-9-4-3-5-10(2)17(9)14(18)12-7-6-11(15)8-13(12)16/h6-10H,3-5H2,1-2H3/t9-,10-/m1/s1. The number of hydrogen-bond donors (Lipinski definition) is 0. The van der Waals surface area contributed by atoms with Crippen LogP contribution in [0.2, 0.25) is 10.0 Å². The van der Waals surface area contributed by atoms with Crippen LogP contribution in [-0.2, 0) is 0 Å². The predicted molar refractivity (Wildman–Crippen MR) is 75.4 cm³/mol. The van der Waals surface area contributed by atoms with Gasteiger partial charge in [-0.2, -0.15) is 0 Å². The number of piperidine rings is 1. The van der Waals surface area contributed by atoms with E-state index in [1.54, 1.807) is 18.2 Å². The van der Waals surface area contributed by atoms with E-state index in [0.717, 1.165) is 12.8 Å². The summed E-state index contributed by atoms with van der Waals surface area (Å²) in [5.74, 6) is 0.0105. The zero-order valence-electron chi connectivity index (χ0n) is 10.6. The van der Waals surface area contributed by atoms with Crippen molar-refractivity contribution < 1.29 is 4.79 Å². The summed E-state index contributed by atoms with van der Waals surface area (Å²) in [6.45, 7) is 4.19. The smallest absolute Gasteiger partial charge is 0.255 e. The molecule has 0 N–H and O–H groups in total. The Morgan fingerprint density at radius 2 is 1.83 bits per heavy atom. The number of nitrogens with zero attached hydrogens (tertiary/aromatic N) is 1. The van der Waals surface area contributed by atoms with E-state index in [4.69, 9.17) is 23.2 Å². The van der Waals surface area contributed by atoms with Crippen LogP contribution in [0.25, 0.3) is 0 Å². The molecule has 18 heavy (non-hydrogen) atoms. The fraction of sp³-hybridized carbons (Fsp3) is 0.500. The van der Waals surface area contributed by atoms with Crippen molar-refractivity contribution in [1.82, 2.24) is 4.90 Å². The third-order valence-corrected chi connectivity index (χ3v) is 4.14. The number of likely N-dealkylation sites (tertiary alicyclic amines) is 1. The number of carbonyl (C=O) groups excluding carboxylic acids is 1. The summed E-state index contributed by atoms with van der Waals surface area (Å²) in [5, 5.41) is 0.980. The van der Waals surface area contributed by atoms with Gasteiger partial charge in [-0.15, -0.1) is 0 Å². The van der Waals surface area contributed by atoms with Crippen LogP contribution in [0.4, 0.5) is 0 Å². The maximum Gasteiger partial charge on any atom is 0.255 e. The molecule has 1 heterocycles. The number of amides is 1. The van der Waals surface area contributed by atoms with Crippen LogP contribution in [0.3, 0.4) is 0 Å². The van der Waals surface area contributed by atoms with Crippen LogP contribution in [0.5, 0.6) is 0 Å². The second kappa shape index (κ2) is 5.50. The summed E-state index contributed by atoms with van der Waals surface area (Å²) >= 11 is 12.0. The van der Waals surface area contributed by atoms with Gasteiger partial charge in [-0.25, -0.2) is 0 Å². The van der Waals surface area contributed by atoms with Crippen LogP contribution in [0.15, 0.2) is 18.2 Å². The van der Waals surface area contributed by atoms with Crippen LogP contribution < -0.4 is 0 Å². The number of carbonyl (C=O) groups is 1. The Morgan fingerprint density at radius 3 is 2.39 bits per heavy atom. The van der Waals surface area contributed by atoms with E-state index in [-0.39, 0.29) is 18.0 Å². The molecular formula is C14H17Cl2NO. The molecule has 0 aromatic heterocycles. The quantitative estimate of drug-likeness (QED) is 0.749. The molecule has 0 aliphatic carbocycles. The Morgan fingerprint density at radius 1 is 1.22 bits per heavy atom. The molecule has 4 heteroatoms. The van der Waals surface area contributed by atoms with Crippen molar-refractivity contribution in [2.75, 3.05) is 0 Å². The lowest BCUT2D eigenvalue weighted by Gasteiger charge is -2.39. The van der Waals surface area contributed by atoms with Gasteiger partial charge >= 0.3 is 0 Å². The third-order valence-electron chi connectivity index (χ3n) is 3.59. The SMILES string of the molecule is C[C@@H]1CCC[C@@H](C)N1C(=O)c1ccc(Cl)cc1Cl. The highest BCUT2D eigenvalue weighted by Crippen LogP contribution is 2.28. The van der Waals surface area contributed by atoms with Gasteiger partial charge in [-0.3, -0.25) is 4.79 Å². The van der Waals surface area contributed by atoms with Gasteiger partial charge in [0.05, 0.1) is 10.6 Å². The topological polar surface area (TPSA) is 20.3 Å². The van der Waals surface area contributed by atoms with Crippen molar-refractivity contribution in [3.8, 4) is 0 Å². The van der Waals surface area contributed by atoms with Crippen molar-refractivity contribution in [2.45, 2.75) is 45.2 Å². The Labute approximate surface area is 118 Å². The van der Waals surface area contributed by atoms with Gasteiger partial charge < -0.3 is 4.90 Å².